The summed E-state index contributed by atoms with van der Waals surface area (Å²) in [4.78, 5) is 5.33. The molecule has 2 aromatic heterocycles. The molecule has 5 rings (SSSR count). The zero-order valence-corrected chi connectivity index (χ0v) is 39.7. The van der Waals surface area contributed by atoms with Crippen molar-refractivity contribution in [2.45, 2.75) is 178 Å². The van der Waals surface area contributed by atoms with Gasteiger partial charge in [-0.3, -0.25) is 5.10 Å². The van der Waals surface area contributed by atoms with Crippen LogP contribution in [0.25, 0.3) is 17.0 Å². The first-order chi connectivity index (χ1) is 30.1. The Labute approximate surface area is 376 Å². The molecule has 340 valence electrons. The second-order valence-electron chi connectivity index (χ2n) is 17.5. The summed E-state index contributed by atoms with van der Waals surface area (Å²) in [5, 5.41) is 7.96. The number of benzene rings is 3. The van der Waals surface area contributed by atoms with E-state index in [0.717, 1.165) is 42.9 Å². The fourth-order valence-electron chi connectivity index (χ4n) is 7.19. The number of nitrogens with one attached hydrogen (secondary N) is 1. The minimum atomic E-state index is -1.97. The molecular weight excluding hydrogens is 817 g/mol. The van der Waals surface area contributed by atoms with Gasteiger partial charge in [0.05, 0.1) is 23.0 Å². The molecule has 0 bridgehead atoms. The predicted octanol–water partition coefficient (Wildman–Crippen LogP) is 13.8. The van der Waals surface area contributed by atoms with E-state index < -0.39 is 22.2 Å². The molecule has 0 saturated heterocycles. The molecule has 2 unspecified atom stereocenters. The Morgan fingerprint density at radius 3 is 1.31 bits per heavy atom. The van der Waals surface area contributed by atoms with Crippen LogP contribution in [0.2, 0.25) is 0 Å². The number of unbranched alkanes of at least 4 members (excludes halogenated alkanes) is 18. The Hall–Kier alpha value is -4.16. The fraction of sp³-hybridized carbons (Fsp3) is 0.560. The summed E-state index contributed by atoms with van der Waals surface area (Å²) < 4.78 is 53.0. The normalized spacial score (nSPS) is 12.7. The van der Waals surface area contributed by atoms with Crippen molar-refractivity contribution in [3.05, 3.63) is 78.5 Å². The van der Waals surface area contributed by atoms with Gasteiger partial charge in [-0.05, 0) is 79.6 Å². The number of H-pyrrole nitrogens is 1. The minimum absolute atomic E-state index is 0.119. The minimum Gasteiger partial charge on any atom is -0.494 e. The summed E-state index contributed by atoms with van der Waals surface area (Å²) >= 11 is -3.93. The lowest BCUT2D eigenvalue weighted by molar-refractivity contribution is 0.304. The second kappa shape index (κ2) is 26.5. The van der Waals surface area contributed by atoms with Crippen LogP contribution in [0.15, 0.2) is 82.6 Å². The van der Waals surface area contributed by atoms with Gasteiger partial charge in [0, 0.05) is 22.7 Å². The SMILES string of the molecule is CCCCCCCCCCCCOc1ccc(OS(=O)c2cc(-c3nc4cc(C(C)(C)C)[nH]n4n3)cc(S(=O)Oc3ccc(OCCCCCCCCCCCC)cc3)c2)cc1. The predicted molar refractivity (Wildman–Crippen MR) is 253 cm³/mol. The van der Waals surface area contributed by atoms with Crippen LogP contribution in [-0.2, 0) is 27.6 Å². The third-order valence-electron chi connectivity index (χ3n) is 11.0. The van der Waals surface area contributed by atoms with Crippen molar-refractivity contribution < 1.29 is 26.3 Å². The van der Waals surface area contributed by atoms with Gasteiger partial charge >= 0.3 is 0 Å². The van der Waals surface area contributed by atoms with Crippen LogP contribution in [0, 0.1) is 0 Å². The van der Waals surface area contributed by atoms with Gasteiger partial charge in [0.2, 0.25) is 22.2 Å². The molecule has 0 amide bonds. The molecule has 0 spiro atoms. The molecule has 10 nitrogen and oxygen atoms in total. The van der Waals surface area contributed by atoms with Gasteiger partial charge in [-0.25, -0.2) is 13.4 Å². The van der Waals surface area contributed by atoms with Gasteiger partial charge in [0.25, 0.3) is 0 Å². The van der Waals surface area contributed by atoms with Crippen molar-refractivity contribution in [1.82, 2.24) is 19.8 Å². The van der Waals surface area contributed by atoms with Crippen molar-refractivity contribution in [2.24, 2.45) is 0 Å². The van der Waals surface area contributed by atoms with E-state index in [2.05, 4.69) is 44.8 Å². The number of aromatic amines is 1. The largest absolute Gasteiger partial charge is 0.494 e. The Kier molecular flexibility index (Phi) is 20.9. The lowest BCUT2D eigenvalue weighted by atomic mass is 9.93. The first kappa shape index (κ1) is 48.9. The monoisotopic (exact) mass is 888 g/mol. The highest BCUT2D eigenvalue weighted by Gasteiger charge is 2.21. The lowest BCUT2D eigenvalue weighted by Gasteiger charge is -2.14. The van der Waals surface area contributed by atoms with E-state index >= 15 is 0 Å². The Morgan fingerprint density at radius 2 is 0.919 bits per heavy atom. The number of fused-ring (bicyclic) bond motifs is 1. The zero-order valence-electron chi connectivity index (χ0n) is 38.1. The smallest absolute Gasteiger partial charge is 0.240 e. The van der Waals surface area contributed by atoms with Crippen molar-refractivity contribution in [3.8, 4) is 34.4 Å². The van der Waals surface area contributed by atoms with Crippen molar-refractivity contribution in [3.63, 3.8) is 0 Å². The standard InChI is InChI=1S/C50H72N4O6S2/c1-6-8-10-12-14-16-18-20-22-24-34-57-41-26-30-43(31-27-41)59-61(55)45-36-40(49-51-48-39-47(50(3,4)5)52-54(48)53-49)37-46(38-45)62(56)60-44-32-28-42(29-33-44)58-35-25-23-21-19-17-15-13-11-9-7-2/h26-33,36-39,52H,6-25,34-35H2,1-5H3. The van der Waals surface area contributed by atoms with Gasteiger partial charge in [0.15, 0.2) is 11.5 Å². The number of ether oxygens (including phenoxy) is 2. The quantitative estimate of drug-likeness (QED) is 0.0437. The van der Waals surface area contributed by atoms with Crippen LogP contribution in [-0.4, -0.2) is 41.4 Å². The molecule has 12 heteroatoms. The summed E-state index contributed by atoms with van der Waals surface area (Å²) in [5.74, 6) is 2.68. The molecule has 0 aliphatic carbocycles. The molecule has 0 aliphatic heterocycles. The summed E-state index contributed by atoms with van der Waals surface area (Å²) in [6.07, 6.45) is 25.5. The van der Waals surface area contributed by atoms with Crippen LogP contribution >= 0.6 is 0 Å². The van der Waals surface area contributed by atoms with Crippen molar-refractivity contribution >= 4 is 27.8 Å². The van der Waals surface area contributed by atoms with E-state index in [0.29, 0.717) is 51.5 Å². The molecule has 5 aromatic rings. The molecule has 2 heterocycles. The highest BCUT2D eigenvalue weighted by Crippen LogP contribution is 2.29. The average Bonchev–Trinajstić information content (AvgIpc) is 3.87. The van der Waals surface area contributed by atoms with E-state index in [1.807, 2.05) is 30.3 Å². The van der Waals surface area contributed by atoms with Crippen LogP contribution in [0.4, 0.5) is 0 Å². The maximum atomic E-state index is 13.8. The molecule has 1 N–H and O–H groups in total. The molecule has 3 aromatic carbocycles. The summed E-state index contributed by atoms with van der Waals surface area (Å²) in [5.41, 5.74) is 2.03. The number of hydrogen-bond donors (Lipinski definition) is 1. The Balaban J connectivity index is 1.16. The first-order valence-electron chi connectivity index (χ1n) is 23.4. The summed E-state index contributed by atoms with van der Waals surface area (Å²) in [6, 6.07) is 21.2. The summed E-state index contributed by atoms with van der Waals surface area (Å²) in [7, 11) is 0. The Morgan fingerprint density at radius 1 is 0.532 bits per heavy atom. The number of aromatic nitrogens is 4. The van der Waals surface area contributed by atoms with Gasteiger partial charge < -0.3 is 17.8 Å². The third-order valence-corrected chi connectivity index (χ3v) is 12.9. The maximum absolute atomic E-state index is 13.8. The molecule has 62 heavy (non-hydrogen) atoms. The van der Waals surface area contributed by atoms with E-state index in [4.69, 9.17) is 22.8 Å². The fourth-order valence-corrected chi connectivity index (χ4v) is 8.92. The second-order valence-corrected chi connectivity index (χ2v) is 19.7. The van der Waals surface area contributed by atoms with E-state index in [9.17, 15) is 8.42 Å². The molecule has 2 atom stereocenters. The van der Waals surface area contributed by atoms with Gasteiger partial charge in [-0.2, -0.15) is 4.63 Å². The van der Waals surface area contributed by atoms with Crippen molar-refractivity contribution in [1.29, 1.82) is 0 Å². The van der Waals surface area contributed by atoms with Gasteiger partial charge in [0.1, 0.15) is 23.0 Å². The van der Waals surface area contributed by atoms with Gasteiger partial charge in [-0.1, -0.05) is 150 Å². The van der Waals surface area contributed by atoms with Crippen LogP contribution in [0.1, 0.15) is 169 Å². The third kappa shape index (κ3) is 16.8. The first-order valence-corrected chi connectivity index (χ1v) is 25.6. The number of hydrogen-bond acceptors (Lipinski definition) is 8. The van der Waals surface area contributed by atoms with Crippen LogP contribution in [0.5, 0.6) is 23.0 Å². The zero-order chi connectivity index (χ0) is 44.0. The van der Waals surface area contributed by atoms with Crippen LogP contribution < -0.4 is 17.8 Å². The molecule has 0 saturated carbocycles. The van der Waals surface area contributed by atoms with E-state index in [1.165, 1.54) is 103 Å². The Bertz CT molecular complexity index is 1940. The topological polar surface area (TPSA) is 117 Å². The number of nitrogens with zero attached hydrogens (tertiary/aromatic N) is 3. The highest BCUT2D eigenvalue weighted by molar-refractivity contribution is 7.81. The summed E-state index contributed by atoms with van der Waals surface area (Å²) in [6.45, 7) is 12.2. The van der Waals surface area contributed by atoms with E-state index in [-0.39, 0.29) is 5.41 Å². The lowest BCUT2D eigenvalue weighted by Crippen LogP contribution is -2.12. The van der Waals surface area contributed by atoms with Gasteiger partial charge in [-0.15, -0.1) is 5.10 Å². The molecular formula is C50H72N4O6S2. The maximum Gasteiger partial charge on any atom is 0.240 e. The average molecular weight is 889 g/mol. The van der Waals surface area contributed by atoms with E-state index in [1.54, 1.807) is 47.1 Å². The molecule has 0 aliphatic rings. The highest BCUT2D eigenvalue weighted by atomic mass is 32.2. The van der Waals surface area contributed by atoms with Crippen LogP contribution in [0.3, 0.4) is 0 Å². The molecule has 0 radical (unpaired) electrons. The van der Waals surface area contributed by atoms with Crippen molar-refractivity contribution in [2.75, 3.05) is 13.2 Å². The number of rotatable bonds is 31. The molecule has 0 fully saturated rings.